The average molecular weight is 325 g/mol. The quantitative estimate of drug-likeness (QED) is 0.591. The lowest BCUT2D eigenvalue weighted by molar-refractivity contribution is 0.415. The molecule has 0 amide bonds. The van der Waals surface area contributed by atoms with E-state index in [0.29, 0.717) is 10.6 Å². The number of nitrogens with zero attached hydrogens (tertiary/aromatic N) is 4. The fraction of sp³-hybridized carbons (Fsp3) is 0.125. The van der Waals surface area contributed by atoms with E-state index in [9.17, 15) is 0 Å². The summed E-state index contributed by atoms with van der Waals surface area (Å²) in [5, 5.41) is 11.4. The summed E-state index contributed by atoms with van der Waals surface area (Å²) in [5.41, 5.74) is 2.72. The molecule has 1 N–H and O–H groups in total. The Morgan fingerprint density at radius 2 is 2.00 bits per heavy atom. The third-order valence-corrected chi connectivity index (χ3v) is 3.52. The van der Waals surface area contributed by atoms with Crippen LogP contribution in [0.5, 0.6) is 5.75 Å². The summed E-state index contributed by atoms with van der Waals surface area (Å²) in [7, 11) is 1.63. The molecular formula is C16H15N5OS. The molecule has 0 aliphatic carbocycles. The molecule has 0 aliphatic rings. The molecule has 2 aromatic heterocycles. The predicted octanol–water partition coefficient (Wildman–Crippen LogP) is 3.20. The summed E-state index contributed by atoms with van der Waals surface area (Å²) in [6, 6.07) is 11.4. The highest BCUT2D eigenvalue weighted by Crippen LogP contribution is 2.16. The van der Waals surface area contributed by atoms with Crippen LogP contribution in [0.1, 0.15) is 11.3 Å². The fourth-order valence-corrected chi connectivity index (χ4v) is 2.18. The molecule has 0 radical (unpaired) electrons. The lowest BCUT2D eigenvalue weighted by Crippen LogP contribution is -1.96. The molecule has 0 saturated carbocycles. The zero-order valence-corrected chi connectivity index (χ0v) is 13.5. The van der Waals surface area contributed by atoms with Crippen LogP contribution in [0.2, 0.25) is 0 Å². The number of hydrogen-bond donors (Lipinski definition) is 1. The summed E-state index contributed by atoms with van der Waals surface area (Å²) >= 11 is 5.24. The van der Waals surface area contributed by atoms with Crippen LogP contribution in [0.25, 0.3) is 11.4 Å². The number of rotatable bonds is 4. The summed E-state index contributed by atoms with van der Waals surface area (Å²) in [6.45, 7) is 1.93. The molecule has 0 fully saturated rings. The van der Waals surface area contributed by atoms with Crippen LogP contribution < -0.4 is 4.74 Å². The first kappa shape index (κ1) is 15.1. The van der Waals surface area contributed by atoms with Gasteiger partial charge in [0.15, 0.2) is 5.82 Å². The molecular weight excluding hydrogens is 310 g/mol. The topological polar surface area (TPSA) is 68.1 Å². The van der Waals surface area contributed by atoms with E-state index in [1.807, 2.05) is 43.3 Å². The Bertz CT molecular complexity index is 878. The van der Waals surface area contributed by atoms with Gasteiger partial charge < -0.3 is 4.74 Å². The van der Waals surface area contributed by atoms with Gasteiger partial charge in [0.2, 0.25) is 4.77 Å². The van der Waals surface area contributed by atoms with Crippen molar-refractivity contribution in [2.24, 2.45) is 5.10 Å². The minimum atomic E-state index is 0.422. The van der Waals surface area contributed by atoms with Crippen molar-refractivity contribution in [3.05, 3.63) is 58.6 Å². The summed E-state index contributed by atoms with van der Waals surface area (Å²) in [5.74, 6) is 1.42. The van der Waals surface area contributed by atoms with Gasteiger partial charge in [-0.25, -0.2) is 5.10 Å². The first-order valence-electron chi connectivity index (χ1n) is 6.96. The largest absolute Gasteiger partial charge is 0.497 e. The monoisotopic (exact) mass is 325 g/mol. The zero-order valence-electron chi connectivity index (χ0n) is 12.7. The van der Waals surface area contributed by atoms with Gasteiger partial charge in [-0.1, -0.05) is 0 Å². The number of aryl methyl sites for hydroxylation is 1. The fourth-order valence-electron chi connectivity index (χ4n) is 2.00. The molecule has 0 atom stereocenters. The molecule has 3 aromatic rings. The number of ether oxygens (including phenoxy) is 1. The number of H-pyrrole nitrogens is 1. The van der Waals surface area contributed by atoms with E-state index in [1.165, 1.54) is 0 Å². The third-order valence-electron chi connectivity index (χ3n) is 3.26. The van der Waals surface area contributed by atoms with Crippen molar-refractivity contribution in [2.75, 3.05) is 7.11 Å². The number of nitrogens with one attached hydrogen (secondary N) is 1. The third kappa shape index (κ3) is 3.35. The second-order valence-corrected chi connectivity index (χ2v) is 5.26. The maximum absolute atomic E-state index is 5.24. The lowest BCUT2D eigenvalue weighted by atomic mass is 10.2. The second kappa shape index (κ2) is 6.53. The van der Waals surface area contributed by atoms with E-state index in [-0.39, 0.29) is 0 Å². The Morgan fingerprint density at radius 1 is 1.22 bits per heavy atom. The highest BCUT2D eigenvalue weighted by molar-refractivity contribution is 7.71. The van der Waals surface area contributed by atoms with Crippen LogP contribution in [-0.2, 0) is 0 Å². The van der Waals surface area contributed by atoms with Gasteiger partial charge in [-0.15, -0.1) is 0 Å². The molecule has 2 heterocycles. The molecule has 116 valence electrons. The number of aromatic nitrogens is 4. The van der Waals surface area contributed by atoms with E-state index in [1.54, 1.807) is 24.2 Å². The molecule has 23 heavy (non-hydrogen) atoms. The Hall–Kier alpha value is -2.80. The van der Waals surface area contributed by atoms with Crippen molar-refractivity contribution >= 4 is 18.4 Å². The molecule has 0 unspecified atom stereocenters. The van der Waals surface area contributed by atoms with Crippen LogP contribution >= 0.6 is 12.2 Å². The molecule has 7 heteroatoms. The molecule has 1 aromatic carbocycles. The van der Waals surface area contributed by atoms with Crippen molar-refractivity contribution in [1.82, 2.24) is 19.9 Å². The van der Waals surface area contributed by atoms with Crippen molar-refractivity contribution < 1.29 is 4.74 Å². The summed E-state index contributed by atoms with van der Waals surface area (Å²) < 4.78 is 7.13. The smallest absolute Gasteiger partial charge is 0.216 e. The molecule has 3 rings (SSSR count). The number of pyridine rings is 1. The normalized spacial score (nSPS) is 11.0. The first-order valence-corrected chi connectivity index (χ1v) is 7.37. The first-order chi connectivity index (χ1) is 11.2. The number of methoxy groups -OCH3 is 1. The Morgan fingerprint density at radius 3 is 2.65 bits per heavy atom. The van der Waals surface area contributed by atoms with Gasteiger partial charge in [0.25, 0.3) is 0 Å². The second-order valence-electron chi connectivity index (χ2n) is 4.87. The van der Waals surface area contributed by atoms with Crippen molar-refractivity contribution in [3.8, 4) is 17.1 Å². The zero-order chi connectivity index (χ0) is 16.2. The van der Waals surface area contributed by atoms with E-state index < -0.39 is 0 Å². The van der Waals surface area contributed by atoms with Gasteiger partial charge in [-0.2, -0.15) is 14.9 Å². The van der Waals surface area contributed by atoms with Gasteiger partial charge in [0.05, 0.1) is 13.3 Å². The summed E-state index contributed by atoms with van der Waals surface area (Å²) in [4.78, 5) is 4.28. The minimum Gasteiger partial charge on any atom is -0.497 e. The van der Waals surface area contributed by atoms with E-state index in [2.05, 4.69) is 20.3 Å². The van der Waals surface area contributed by atoms with Crippen LogP contribution in [0.3, 0.4) is 0 Å². The van der Waals surface area contributed by atoms with Crippen molar-refractivity contribution in [1.29, 1.82) is 0 Å². The highest BCUT2D eigenvalue weighted by Gasteiger charge is 2.08. The van der Waals surface area contributed by atoms with Gasteiger partial charge in [0.1, 0.15) is 5.75 Å². The maximum Gasteiger partial charge on any atom is 0.216 e. The summed E-state index contributed by atoms with van der Waals surface area (Å²) in [6.07, 6.45) is 3.47. The van der Waals surface area contributed by atoms with Crippen LogP contribution in [0.4, 0.5) is 0 Å². The molecule has 6 nitrogen and oxygen atoms in total. The highest BCUT2D eigenvalue weighted by atomic mass is 32.1. The van der Waals surface area contributed by atoms with Crippen molar-refractivity contribution in [3.63, 3.8) is 0 Å². The SMILES string of the molecule is COc1ccc(C=Nn2c(-c3ccc(C)nc3)n[nH]c2=S)cc1. The number of benzene rings is 1. The van der Waals surface area contributed by atoms with Crippen LogP contribution in [0.15, 0.2) is 47.7 Å². The van der Waals surface area contributed by atoms with E-state index in [0.717, 1.165) is 22.6 Å². The average Bonchev–Trinajstić information content (AvgIpc) is 2.95. The van der Waals surface area contributed by atoms with Gasteiger partial charge >= 0.3 is 0 Å². The van der Waals surface area contributed by atoms with Gasteiger partial charge in [-0.3, -0.25) is 4.98 Å². The van der Waals surface area contributed by atoms with Crippen LogP contribution in [0, 0.1) is 11.7 Å². The van der Waals surface area contributed by atoms with Gasteiger partial charge in [0, 0.05) is 17.5 Å². The van der Waals surface area contributed by atoms with Crippen molar-refractivity contribution in [2.45, 2.75) is 6.92 Å². The van der Waals surface area contributed by atoms with E-state index >= 15 is 0 Å². The molecule has 0 bridgehead atoms. The lowest BCUT2D eigenvalue weighted by Gasteiger charge is -2.02. The Balaban J connectivity index is 1.93. The molecule has 0 saturated heterocycles. The number of aromatic amines is 1. The molecule has 0 aliphatic heterocycles. The molecule has 0 spiro atoms. The maximum atomic E-state index is 5.24. The van der Waals surface area contributed by atoms with E-state index in [4.69, 9.17) is 17.0 Å². The Labute approximate surface area is 138 Å². The standard InChI is InChI=1S/C16H15N5OS/c1-11-3-6-13(10-17-11)15-19-20-16(23)21(15)18-9-12-4-7-14(22-2)8-5-12/h3-10H,1-2H3,(H,20,23). The Kier molecular flexibility index (Phi) is 4.29. The van der Waals surface area contributed by atoms with Crippen LogP contribution in [-0.4, -0.2) is 33.2 Å². The predicted molar refractivity (Wildman–Crippen MR) is 91.4 cm³/mol. The van der Waals surface area contributed by atoms with Gasteiger partial charge in [-0.05, 0) is 61.1 Å². The number of hydrogen-bond acceptors (Lipinski definition) is 5. The minimum absolute atomic E-state index is 0.422.